The van der Waals surface area contributed by atoms with Gasteiger partial charge in [0.25, 0.3) is 5.91 Å². The molecule has 1 saturated carbocycles. The number of rotatable bonds is 8. The van der Waals surface area contributed by atoms with Crippen LogP contribution in [0, 0.1) is 17.8 Å². The van der Waals surface area contributed by atoms with Crippen LogP contribution in [0.2, 0.25) is 0 Å². The van der Waals surface area contributed by atoms with Crippen molar-refractivity contribution in [2.75, 3.05) is 33.4 Å². The molecule has 1 amide bonds. The van der Waals surface area contributed by atoms with Gasteiger partial charge in [-0.25, -0.2) is 13.1 Å². The molecule has 0 bridgehead atoms. The Morgan fingerprint density at radius 3 is 2.44 bits per heavy atom. The predicted octanol–water partition coefficient (Wildman–Crippen LogP) is 0.794. The number of nitrogens with zero attached hydrogens (tertiary/aromatic N) is 1. The van der Waals surface area contributed by atoms with Gasteiger partial charge in [0.05, 0.1) is 17.4 Å². The van der Waals surface area contributed by atoms with Gasteiger partial charge in [0.1, 0.15) is 0 Å². The fourth-order valence-electron chi connectivity index (χ4n) is 3.58. The van der Waals surface area contributed by atoms with Crippen LogP contribution in [0.3, 0.4) is 0 Å². The highest BCUT2D eigenvalue weighted by Gasteiger charge is 2.46. The van der Waals surface area contributed by atoms with E-state index in [0.717, 1.165) is 12.8 Å². The Morgan fingerprint density at radius 2 is 1.89 bits per heavy atom. The van der Waals surface area contributed by atoms with Crippen LogP contribution in [-0.4, -0.2) is 63.7 Å². The summed E-state index contributed by atoms with van der Waals surface area (Å²) in [4.78, 5) is 25.9. The van der Waals surface area contributed by atoms with E-state index in [2.05, 4.69) is 4.72 Å². The maximum Gasteiger partial charge on any atom is 0.308 e. The summed E-state index contributed by atoms with van der Waals surface area (Å²) in [6.45, 7) is 1.07. The molecule has 1 heterocycles. The van der Waals surface area contributed by atoms with Crippen LogP contribution in [0.4, 0.5) is 0 Å². The molecule has 148 valence electrons. The second-order valence-electron chi connectivity index (χ2n) is 7.07. The van der Waals surface area contributed by atoms with Crippen LogP contribution >= 0.6 is 0 Å². The van der Waals surface area contributed by atoms with Crippen molar-refractivity contribution in [3.05, 3.63) is 29.8 Å². The summed E-state index contributed by atoms with van der Waals surface area (Å²) in [5.74, 6) is -1.23. The molecular weight excluding hydrogens is 372 g/mol. The monoisotopic (exact) mass is 396 g/mol. The van der Waals surface area contributed by atoms with Crippen LogP contribution < -0.4 is 4.72 Å². The lowest BCUT2D eigenvalue weighted by atomic mass is 9.92. The highest BCUT2D eigenvalue weighted by atomic mass is 32.2. The molecular formula is C18H24N2O6S. The summed E-state index contributed by atoms with van der Waals surface area (Å²) >= 11 is 0. The van der Waals surface area contributed by atoms with Crippen LogP contribution in [0.25, 0.3) is 0 Å². The molecule has 0 spiro atoms. The molecule has 1 aromatic rings. The smallest absolute Gasteiger partial charge is 0.308 e. The lowest BCUT2D eigenvalue weighted by molar-refractivity contribution is -0.142. The van der Waals surface area contributed by atoms with E-state index in [9.17, 15) is 23.1 Å². The third kappa shape index (κ3) is 4.48. The van der Waals surface area contributed by atoms with E-state index in [-0.39, 0.29) is 36.4 Å². The molecule has 1 aromatic carbocycles. The summed E-state index contributed by atoms with van der Waals surface area (Å²) in [6.07, 6.45) is 2.05. The van der Waals surface area contributed by atoms with E-state index in [1.54, 1.807) is 4.90 Å². The third-order valence-corrected chi connectivity index (χ3v) is 6.68. The van der Waals surface area contributed by atoms with Crippen molar-refractivity contribution in [2.24, 2.45) is 17.8 Å². The lowest BCUT2D eigenvalue weighted by Crippen LogP contribution is -2.30. The van der Waals surface area contributed by atoms with Gasteiger partial charge in [0.2, 0.25) is 10.0 Å². The Bertz CT molecular complexity index is 804. The standard InChI is InChI=1S/C18H24N2O6S/c1-26-9-8-19-27(24,25)14-6-4-13(5-7-14)17(21)20-10-15(12-2-3-12)16(11-20)18(22)23/h4-7,12,15-16,19H,2-3,8-11H2,1H3,(H,22,23)/t15-,16+/m1/s1. The number of sulfonamides is 1. The van der Waals surface area contributed by atoms with Gasteiger partial charge in [-0.1, -0.05) is 0 Å². The molecule has 8 nitrogen and oxygen atoms in total. The van der Waals surface area contributed by atoms with Crippen molar-refractivity contribution in [2.45, 2.75) is 17.7 Å². The van der Waals surface area contributed by atoms with Crippen molar-refractivity contribution >= 4 is 21.9 Å². The minimum absolute atomic E-state index is 0.0103. The summed E-state index contributed by atoms with van der Waals surface area (Å²) in [7, 11) is -2.18. The number of hydrogen-bond donors (Lipinski definition) is 2. The van der Waals surface area contributed by atoms with Crippen LogP contribution in [0.1, 0.15) is 23.2 Å². The van der Waals surface area contributed by atoms with Crippen molar-refractivity contribution < 1.29 is 27.9 Å². The normalized spacial score (nSPS) is 22.8. The van der Waals surface area contributed by atoms with E-state index in [0.29, 0.717) is 18.0 Å². The highest BCUT2D eigenvalue weighted by molar-refractivity contribution is 7.89. The Kier molecular flexibility index (Phi) is 5.83. The molecule has 2 N–H and O–H groups in total. The number of benzene rings is 1. The number of carbonyl (C=O) groups is 2. The van der Waals surface area contributed by atoms with Crippen LogP contribution in [0.5, 0.6) is 0 Å². The highest BCUT2D eigenvalue weighted by Crippen LogP contribution is 2.44. The number of likely N-dealkylation sites (tertiary alicyclic amines) is 1. The molecule has 2 fully saturated rings. The number of carboxylic acid groups (broad SMARTS) is 1. The molecule has 2 atom stereocenters. The first-order chi connectivity index (χ1) is 12.8. The van der Waals surface area contributed by atoms with E-state index in [1.165, 1.54) is 31.4 Å². The molecule has 27 heavy (non-hydrogen) atoms. The first-order valence-corrected chi connectivity index (χ1v) is 10.4. The molecule has 0 unspecified atom stereocenters. The van der Waals surface area contributed by atoms with Crippen molar-refractivity contribution in [3.8, 4) is 0 Å². The molecule has 1 aliphatic carbocycles. The lowest BCUT2D eigenvalue weighted by Gasteiger charge is -2.16. The number of carbonyl (C=O) groups excluding carboxylic acids is 1. The zero-order chi connectivity index (χ0) is 19.6. The van der Waals surface area contributed by atoms with Gasteiger partial charge in [-0.15, -0.1) is 0 Å². The van der Waals surface area contributed by atoms with Crippen molar-refractivity contribution in [3.63, 3.8) is 0 Å². The van der Waals surface area contributed by atoms with Crippen LogP contribution in [-0.2, 0) is 19.6 Å². The van der Waals surface area contributed by atoms with Gasteiger partial charge in [0, 0.05) is 32.3 Å². The number of hydrogen-bond acceptors (Lipinski definition) is 5. The fourth-order valence-corrected chi connectivity index (χ4v) is 4.59. The summed E-state index contributed by atoms with van der Waals surface area (Å²) in [5, 5.41) is 9.42. The molecule has 2 aliphatic rings. The number of carboxylic acids is 1. The maximum atomic E-state index is 12.7. The Labute approximate surface area is 158 Å². The minimum Gasteiger partial charge on any atom is -0.481 e. The Hall–Kier alpha value is -1.97. The van der Waals surface area contributed by atoms with Crippen LogP contribution in [0.15, 0.2) is 29.2 Å². The molecule has 0 radical (unpaired) electrons. The third-order valence-electron chi connectivity index (χ3n) is 5.21. The van der Waals surface area contributed by atoms with E-state index >= 15 is 0 Å². The largest absolute Gasteiger partial charge is 0.481 e. The summed E-state index contributed by atoms with van der Waals surface area (Å²) < 4.78 is 31.5. The molecule has 3 rings (SSSR count). The van der Waals surface area contributed by atoms with Gasteiger partial charge >= 0.3 is 5.97 Å². The quantitative estimate of drug-likeness (QED) is 0.628. The van der Waals surface area contributed by atoms with Gasteiger partial charge in [0.15, 0.2) is 0 Å². The predicted molar refractivity (Wildman–Crippen MR) is 96.7 cm³/mol. The van der Waals surface area contributed by atoms with E-state index in [4.69, 9.17) is 4.74 Å². The zero-order valence-electron chi connectivity index (χ0n) is 15.1. The second-order valence-corrected chi connectivity index (χ2v) is 8.84. The van der Waals surface area contributed by atoms with Gasteiger partial charge in [-0.05, 0) is 48.9 Å². The SMILES string of the molecule is COCCNS(=O)(=O)c1ccc(C(=O)N2C[C@H](C(=O)O)[C@@H](C3CC3)C2)cc1. The minimum atomic E-state index is -3.66. The number of methoxy groups -OCH3 is 1. The summed E-state index contributed by atoms with van der Waals surface area (Å²) in [5.41, 5.74) is 0.353. The average Bonchev–Trinajstić information content (AvgIpc) is 3.39. The number of nitrogens with one attached hydrogen (secondary N) is 1. The molecule has 1 saturated heterocycles. The molecule has 0 aromatic heterocycles. The van der Waals surface area contributed by atoms with Gasteiger partial charge in [-0.3, -0.25) is 9.59 Å². The first kappa shape index (κ1) is 19.8. The Morgan fingerprint density at radius 1 is 1.22 bits per heavy atom. The topological polar surface area (TPSA) is 113 Å². The van der Waals surface area contributed by atoms with Crippen molar-refractivity contribution in [1.29, 1.82) is 0 Å². The number of ether oxygens (including phenoxy) is 1. The maximum absolute atomic E-state index is 12.7. The molecule has 1 aliphatic heterocycles. The fraction of sp³-hybridized carbons (Fsp3) is 0.556. The average molecular weight is 396 g/mol. The van der Waals surface area contributed by atoms with Gasteiger partial charge < -0.3 is 14.7 Å². The number of aliphatic carboxylic acids is 1. The zero-order valence-corrected chi connectivity index (χ0v) is 15.9. The van der Waals surface area contributed by atoms with Gasteiger partial charge in [-0.2, -0.15) is 0 Å². The first-order valence-electron chi connectivity index (χ1n) is 8.94. The van der Waals surface area contributed by atoms with E-state index in [1.807, 2.05) is 0 Å². The molecule has 9 heteroatoms. The summed E-state index contributed by atoms with van der Waals surface area (Å²) in [6, 6.07) is 5.69. The van der Waals surface area contributed by atoms with Crippen molar-refractivity contribution in [1.82, 2.24) is 9.62 Å². The van der Waals surface area contributed by atoms with E-state index < -0.39 is 21.9 Å². The Balaban J connectivity index is 1.68. The number of amides is 1. The second kappa shape index (κ2) is 7.95.